The summed E-state index contributed by atoms with van der Waals surface area (Å²) in [4.78, 5) is 273. The van der Waals surface area contributed by atoms with Crippen molar-refractivity contribution >= 4 is 147 Å². The SMILES string of the molecule is Cc1ccc(OC(=O)c2ccc(N3C(=O)C4(C)C5(C)C(=O)N(C)C(=O)C5(C)C4(C)C3=O)cc2)cc1.Cc1ccc(OC(=O)c2ccc(N3C(=O)C4(C)C5(C)C(=O)N(c6ccc(OC(=O)c7ccc(N8C(=O)C9C%10C(=O)N(C)C(=O)C%10C9C8=O)cc7)cc6)C(=O)C5(C)C4(C)C3=O)cc2)cc1.Cc1ccc(OC(=O)c2ccc(N3C(=O)C4C5C(=O)N(C)C(=O)C5C4C3=O)cc2)cc1. The zero-order valence-electron chi connectivity index (χ0n) is 72.5. The van der Waals surface area contributed by atoms with Crippen molar-refractivity contribution in [3.05, 3.63) is 233 Å². The minimum Gasteiger partial charge on any atom is -0.423 e. The summed E-state index contributed by atoms with van der Waals surface area (Å²) in [6, 6.07) is 49.7. The van der Waals surface area contributed by atoms with Gasteiger partial charge in [-0.05, 0) is 234 Å². The maximum atomic E-state index is 14.5. The lowest BCUT2D eigenvalue weighted by molar-refractivity contribution is -0.243. The van der Waals surface area contributed by atoms with Crippen molar-refractivity contribution < 1.29 is 115 Å². The highest BCUT2D eigenvalue weighted by molar-refractivity contribution is 6.38. The fourth-order valence-electron chi connectivity index (χ4n) is 22.9. The van der Waals surface area contributed by atoms with Crippen LogP contribution in [-0.2, 0) is 76.7 Å². The second kappa shape index (κ2) is 28.6. The van der Waals surface area contributed by atoms with Gasteiger partial charge < -0.3 is 18.9 Å². The number of carbonyl (C=O) groups is 20. The van der Waals surface area contributed by atoms with Crippen LogP contribution >= 0.6 is 0 Å². The fraction of sp³-hybridized carbons (Fsp3) is 0.306. The molecule has 12 fully saturated rings. The zero-order chi connectivity index (χ0) is 93.5. The third kappa shape index (κ3) is 10.6. The predicted molar refractivity (Wildman–Crippen MR) is 454 cm³/mol. The Hall–Kier alpha value is -15.2. The Morgan fingerprint density at radius 2 is 0.362 bits per heavy atom. The molecule has 16 amide bonds. The highest BCUT2D eigenvalue weighted by Crippen LogP contribution is 2.86. The van der Waals surface area contributed by atoms with Crippen LogP contribution in [0.15, 0.2) is 194 Å². The number of amides is 16. The normalized spacial score (nSPS) is 30.7. The molecule has 8 saturated heterocycles. The van der Waals surface area contributed by atoms with Gasteiger partial charge in [-0.3, -0.25) is 101 Å². The van der Waals surface area contributed by atoms with Gasteiger partial charge in [-0.2, -0.15) is 0 Å². The van der Waals surface area contributed by atoms with Gasteiger partial charge in [-0.1, -0.05) is 53.1 Å². The Morgan fingerprint density at radius 3 is 0.554 bits per heavy atom. The summed E-state index contributed by atoms with van der Waals surface area (Å²) in [5.41, 5.74) is -7.27. The molecule has 20 rings (SSSR count). The fourth-order valence-corrected chi connectivity index (χ4v) is 22.9. The maximum Gasteiger partial charge on any atom is 0.343 e. The Balaban J connectivity index is 0.000000145. The van der Waals surface area contributed by atoms with Crippen molar-refractivity contribution in [3.63, 3.8) is 0 Å². The molecule has 0 bridgehead atoms. The monoisotopic (exact) mass is 1750 g/mol. The molecular weight excluding hydrogens is 1670 g/mol. The number of benzene rings is 8. The van der Waals surface area contributed by atoms with E-state index in [0.29, 0.717) is 22.9 Å². The molecule has 0 spiro atoms. The average molecular weight is 1760 g/mol. The van der Waals surface area contributed by atoms with Crippen molar-refractivity contribution in [3.8, 4) is 23.0 Å². The largest absolute Gasteiger partial charge is 0.423 e. The first kappa shape index (κ1) is 85.5. The summed E-state index contributed by atoms with van der Waals surface area (Å²) >= 11 is 0. The minimum atomic E-state index is -1.66. The smallest absolute Gasteiger partial charge is 0.343 e. The minimum absolute atomic E-state index is 0.0517. The number of rotatable bonds is 13. The summed E-state index contributed by atoms with van der Waals surface area (Å²) in [7, 11) is 4.10. The predicted octanol–water partition coefficient (Wildman–Crippen LogP) is 8.96. The molecule has 32 nitrogen and oxygen atoms in total. The molecule has 8 aromatic rings. The van der Waals surface area contributed by atoms with E-state index in [0.717, 1.165) is 55.9 Å². The van der Waals surface area contributed by atoms with Crippen LogP contribution in [-0.4, -0.2) is 154 Å². The van der Waals surface area contributed by atoms with Crippen LogP contribution in [0.4, 0.5) is 28.4 Å². The maximum absolute atomic E-state index is 14.5. The van der Waals surface area contributed by atoms with Gasteiger partial charge in [0.15, 0.2) is 0 Å². The lowest BCUT2D eigenvalue weighted by Gasteiger charge is -2.67. The highest BCUT2D eigenvalue weighted by Gasteiger charge is 2.98. The Labute approximate surface area is 741 Å². The van der Waals surface area contributed by atoms with E-state index in [1.807, 2.05) is 45.0 Å². The van der Waals surface area contributed by atoms with E-state index in [1.54, 1.807) is 76.2 Å². The van der Waals surface area contributed by atoms with Crippen LogP contribution in [0.1, 0.15) is 114 Å². The first-order valence-corrected chi connectivity index (χ1v) is 41.8. The summed E-state index contributed by atoms with van der Waals surface area (Å²) in [6.07, 6.45) is 0. The summed E-state index contributed by atoms with van der Waals surface area (Å²) in [6.45, 7) is 18.3. The van der Waals surface area contributed by atoms with E-state index in [9.17, 15) is 95.9 Å². The van der Waals surface area contributed by atoms with Crippen molar-refractivity contribution in [2.75, 3.05) is 45.6 Å². The summed E-state index contributed by atoms with van der Waals surface area (Å²) < 4.78 is 21.7. The molecule has 0 aromatic heterocycles. The molecule has 4 saturated carbocycles. The van der Waals surface area contributed by atoms with Gasteiger partial charge in [0.1, 0.15) is 23.0 Å². The molecule has 12 aliphatic rings. The number of fused-ring (bicyclic) bond motifs is 16. The van der Waals surface area contributed by atoms with E-state index in [2.05, 4.69) is 0 Å². The zero-order valence-corrected chi connectivity index (χ0v) is 72.5. The van der Waals surface area contributed by atoms with E-state index < -0.39 is 209 Å². The van der Waals surface area contributed by atoms with Gasteiger partial charge >= 0.3 is 23.9 Å². The van der Waals surface area contributed by atoms with Crippen LogP contribution in [0.5, 0.6) is 23.0 Å². The average Bonchev–Trinajstić information content (AvgIpc) is 1.43. The summed E-state index contributed by atoms with van der Waals surface area (Å²) in [5, 5.41) is 0. The molecule has 8 heterocycles. The Bertz CT molecular complexity index is 6390. The number of imide groups is 8. The molecule has 0 radical (unpaired) electrons. The van der Waals surface area contributed by atoms with E-state index >= 15 is 0 Å². The van der Waals surface area contributed by atoms with Gasteiger partial charge in [-0.25, -0.2) is 33.9 Å². The topological polar surface area (TPSA) is 404 Å². The molecule has 4 aliphatic carbocycles. The summed E-state index contributed by atoms with van der Waals surface area (Å²) in [5.74, 6) is -16.6. The highest BCUT2D eigenvalue weighted by atomic mass is 16.5. The first-order valence-electron chi connectivity index (χ1n) is 41.8. The molecule has 8 aromatic carbocycles. The molecule has 16 unspecified atom stereocenters. The van der Waals surface area contributed by atoms with Crippen molar-refractivity contribution in [2.24, 2.45) is 90.7 Å². The molecule has 658 valence electrons. The van der Waals surface area contributed by atoms with Crippen molar-refractivity contribution in [1.29, 1.82) is 0 Å². The quantitative estimate of drug-likeness (QED) is 0.0590. The number of likely N-dealkylation sites (tertiary alicyclic amines) is 3. The van der Waals surface area contributed by atoms with Gasteiger partial charge in [0.2, 0.25) is 94.5 Å². The number of ether oxygens (including phenoxy) is 4. The number of anilines is 5. The van der Waals surface area contributed by atoms with Crippen LogP contribution in [0.3, 0.4) is 0 Å². The van der Waals surface area contributed by atoms with Crippen LogP contribution in [0.25, 0.3) is 0 Å². The van der Waals surface area contributed by atoms with E-state index in [-0.39, 0.29) is 50.8 Å². The van der Waals surface area contributed by atoms with Crippen molar-refractivity contribution in [1.82, 2.24) is 14.7 Å². The third-order valence-electron chi connectivity index (χ3n) is 31.3. The van der Waals surface area contributed by atoms with E-state index in [1.165, 1.54) is 170 Å². The molecule has 16 atom stereocenters. The van der Waals surface area contributed by atoms with Crippen LogP contribution in [0, 0.1) is 111 Å². The molecule has 130 heavy (non-hydrogen) atoms. The van der Waals surface area contributed by atoms with Gasteiger partial charge in [-0.15, -0.1) is 0 Å². The molecule has 32 heteroatoms. The Kier molecular flexibility index (Phi) is 18.8. The number of esters is 4. The van der Waals surface area contributed by atoms with Gasteiger partial charge in [0.05, 0.1) is 141 Å². The van der Waals surface area contributed by atoms with Gasteiger partial charge in [0, 0.05) is 21.1 Å². The first-order chi connectivity index (χ1) is 61.3. The number of aryl methyl sites for hydroxylation is 3. The standard InChI is InChI=1S/C48H38N4O12.C27H26N2O6.C23H18N2O6/c1-23-7-19-29(20-8-23)63-39(57)25-11-15-27(16-12-25)51-41(59)45(2)46(3,42(51)60)48(5)44(62)52(43(61)47(45,48)4)28-17-21-30(22-18-28)64-40(58)24-9-13-26(14-10-24)50-37(55)33-31-32(34(33)38(50)56)36(54)49(6)35(31)53;1-15-7-13-18(14-8-15)35-19(30)16-9-11-17(12-10-16)29-22(33)26(4)24(2)20(31)28(6)21(32)25(24,3)27(26,5)23(29)34;1-11-3-9-14(10-4-11)31-23(30)12-5-7-13(8-6-12)25-21(28)17-15-16(18(17)22(25)29)20(27)24(2)19(15)26/h7-22,31-34H,1-6H3;7-14H,1-6H3;3-10,15-18H,1-2H3. The molecule has 8 aliphatic heterocycles. The second-order valence-corrected chi connectivity index (χ2v) is 36.4. The molecule has 0 N–H and O–H groups in total. The van der Waals surface area contributed by atoms with Gasteiger partial charge in [0.25, 0.3) is 0 Å². The number of carbonyl (C=O) groups excluding carboxylic acids is 20. The number of nitrogens with zero attached hydrogens (tertiary/aromatic N) is 8. The second-order valence-electron chi connectivity index (χ2n) is 36.4. The molecular formula is C98H82N8O24. The number of hydrogen-bond donors (Lipinski definition) is 0. The lowest BCUT2D eigenvalue weighted by atomic mass is 9.27. The van der Waals surface area contributed by atoms with Crippen LogP contribution < -0.4 is 43.4 Å². The third-order valence-corrected chi connectivity index (χ3v) is 31.3. The lowest BCUT2D eigenvalue weighted by Crippen LogP contribution is -2.77. The Morgan fingerprint density at radius 1 is 0.208 bits per heavy atom. The van der Waals surface area contributed by atoms with Crippen LogP contribution in [0.2, 0.25) is 0 Å². The number of hydrogen-bond acceptors (Lipinski definition) is 24. The van der Waals surface area contributed by atoms with E-state index in [4.69, 9.17) is 18.9 Å². The van der Waals surface area contributed by atoms with Crippen molar-refractivity contribution in [2.45, 2.75) is 76.2 Å².